The van der Waals surface area contributed by atoms with Crippen molar-refractivity contribution in [2.45, 2.75) is 19.9 Å². The van der Waals surface area contributed by atoms with E-state index in [2.05, 4.69) is 20.4 Å². The number of rotatable bonds is 6. The summed E-state index contributed by atoms with van der Waals surface area (Å²) in [6.45, 7) is 3.92. The van der Waals surface area contributed by atoms with Crippen molar-refractivity contribution >= 4 is 5.95 Å². The predicted octanol–water partition coefficient (Wildman–Crippen LogP) is 4.30. The third kappa shape index (κ3) is 3.89. The maximum Gasteiger partial charge on any atom is 0.243 e. The highest BCUT2D eigenvalue weighted by molar-refractivity contribution is 5.64. The minimum absolute atomic E-state index is 0.0674. The fourth-order valence-electron chi connectivity index (χ4n) is 3.31. The van der Waals surface area contributed by atoms with Crippen LogP contribution in [0, 0.1) is 12.7 Å². The topological polar surface area (TPSA) is 69.8 Å². The molecule has 2 aromatic heterocycles. The van der Waals surface area contributed by atoms with Gasteiger partial charge in [0.25, 0.3) is 0 Å². The Hall–Kier alpha value is -3.68. The van der Waals surface area contributed by atoms with Crippen LogP contribution in [0.1, 0.15) is 24.2 Å². The first-order chi connectivity index (χ1) is 14.4. The molecule has 30 heavy (non-hydrogen) atoms. The summed E-state index contributed by atoms with van der Waals surface area (Å²) in [5, 5.41) is 7.74. The standard InChI is InChI=1S/C22H23FN6O/c1-14-12-29(13-24-14)19-10-7-17(11-20(19)30-4)21-26-22(27-28(21)3)25-15(2)16-5-8-18(23)9-6-16/h5-13,15H,1-4H3,(H,25,27)/t15-/m0/s1. The van der Waals surface area contributed by atoms with Crippen LogP contribution in [0.3, 0.4) is 0 Å². The molecule has 0 fully saturated rings. The number of aryl methyl sites for hydroxylation is 2. The fourth-order valence-corrected chi connectivity index (χ4v) is 3.31. The Morgan fingerprint density at radius 3 is 2.57 bits per heavy atom. The summed E-state index contributed by atoms with van der Waals surface area (Å²) in [6.07, 6.45) is 3.70. The maximum atomic E-state index is 13.2. The summed E-state index contributed by atoms with van der Waals surface area (Å²) in [5.74, 6) is 1.66. The molecule has 0 aliphatic carbocycles. The molecular formula is C22H23FN6O. The normalized spacial score (nSPS) is 12.0. The lowest BCUT2D eigenvalue weighted by molar-refractivity contribution is 0.413. The molecule has 1 atom stereocenters. The molecule has 2 heterocycles. The van der Waals surface area contributed by atoms with Crippen LogP contribution in [0.2, 0.25) is 0 Å². The van der Waals surface area contributed by atoms with E-state index < -0.39 is 0 Å². The molecule has 0 amide bonds. The minimum atomic E-state index is -0.257. The maximum absolute atomic E-state index is 13.2. The lowest BCUT2D eigenvalue weighted by Gasteiger charge is -2.12. The summed E-state index contributed by atoms with van der Waals surface area (Å²) in [6, 6.07) is 12.2. The number of hydrogen-bond acceptors (Lipinski definition) is 5. The third-order valence-electron chi connectivity index (χ3n) is 4.91. The molecule has 4 aromatic rings. The Balaban J connectivity index is 1.60. The third-order valence-corrected chi connectivity index (χ3v) is 4.91. The number of ether oxygens (including phenoxy) is 1. The summed E-state index contributed by atoms with van der Waals surface area (Å²) < 4.78 is 22.4. The minimum Gasteiger partial charge on any atom is -0.495 e. The molecule has 7 nitrogen and oxygen atoms in total. The van der Waals surface area contributed by atoms with Gasteiger partial charge in [-0.2, -0.15) is 4.98 Å². The van der Waals surface area contributed by atoms with Gasteiger partial charge in [-0.1, -0.05) is 12.1 Å². The van der Waals surface area contributed by atoms with Gasteiger partial charge in [0.1, 0.15) is 11.6 Å². The first kappa shape index (κ1) is 19.6. The molecule has 0 unspecified atom stereocenters. The van der Waals surface area contributed by atoms with Gasteiger partial charge in [-0.15, -0.1) is 5.10 Å². The molecule has 0 bridgehead atoms. The number of methoxy groups -OCH3 is 1. The number of benzene rings is 2. The lowest BCUT2D eigenvalue weighted by atomic mass is 10.1. The van der Waals surface area contributed by atoms with E-state index in [0.717, 1.165) is 22.5 Å². The first-order valence-electron chi connectivity index (χ1n) is 9.57. The number of imidazole rings is 1. The van der Waals surface area contributed by atoms with Gasteiger partial charge in [0, 0.05) is 18.8 Å². The van der Waals surface area contributed by atoms with Gasteiger partial charge < -0.3 is 14.6 Å². The number of hydrogen-bond donors (Lipinski definition) is 1. The second-order valence-corrected chi connectivity index (χ2v) is 7.11. The highest BCUT2D eigenvalue weighted by Gasteiger charge is 2.15. The van der Waals surface area contributed by atoms with E-state index in [4.69, 9.17) is 4.74 Å². The van der Waals surface area contributed by atoms with E-state index in [-0.39, 0.29) is 11.9 Å². The van der Waals surface area contributed by atoms with Crippen LogP contribution in [-0.4, -0.2) is 31.4 Å². The summed E-state index contributed by atoms with van der Waals surface area (Å²) in [5.41, 5.74) is 3.66. The molecule has 0 aliphatic rings. The zero-order valence-electron chi connectivity index (χ0n) is 17.3. The van der Waals surface area contributed by atoms with Crippen molar-refractivity contribution in [3.05, 3.63) is 72.1 Å². The van der Waals surface area contributed by atoms with Crippen molar-refractivity contribution in [1.82, 2.24) is 24.3 Å². The van der Waals surface area contributed by atoms with Gasteiger partial charge in [-0.05, 0) is 49.7 Å². The number of anilines is 1. The van der Waals surface area contributed by atoms with Crippen LogP contribution >= 0.6 is 0 Å². The zero-order chi connectivity index (χ0) is 21.3. The van der Waals surface area contributed by atoms with E-state index in [9.17, 15) is 4.39 Å². The average molecular weight is 406 g/mol. The first-order valence-corrected chi connectivity index (χ1v) is 9.57. The highest BCUT2D eigenvalue weighted by Crippen LogP contribution is 2.30. The van der Waals surface area contributed by atoms with Crippen molar-refractivity contribution in [2.24, 2.45) is 7.05 Å². The van der Waals surface area contributed by atoms with Crippen molar-refractivity contribution in [3.8, 4) is 22.8 Å². The molecule has 1 N–H and O–H groups in total. The zero-order valence-corrected chi connectivity index (χ0v) is 17.3. The van der Waals surface area contributed by atoms with E-state index >= 15 is 0 Å². The number of aromatic nitrogens is 5. The second kappa shape index (κ2) is 7.98. The van der Waals surface area contributed by atoms with Crippen LogP contribution in [0.4, 0.5) is 10.3 Å². The molecule has 0 saturated carbocycles. The lowest BCUT2D eigenvalue weighted by Crippen LogP contribution is -2.08. The largest absolute Gasteiger partial charge is 0.495 e. The van der Waals surface area contributed by atoms with Crippen molar-refractivity contribution in [1.29, 1.82) is 0 Å². The van der Waals surface area contributed by atoms with Gasteiger partial charge in [0.05, 0.1) is 30.9 Å². The monoisotopic (exact) mass is 406 g/mol. The van der Waals surface area contributed by atoms with Gasteiger partial charge in [0.15, 0.2) is 5.82 Å². The molecule has 0 radical (unpaired) electrons. The van der Waals surface area contributed by atoms with E-state index in [0.29, 0.717) is 17.5 Å². The SMILES string of the molecule is COc1cc(-c2nc(N[C@@H](C)c3ccc(F)cc3)nn2C)ccc1-n1cnc(C)c1. The fraction of sp³-hybridized carbons (Fsp3) is 0.227. The summed E-state index contributed by atoms with van der Waals surface area (Å²) >= 11 is 0. The number of nitrogens with zero attached hydrogens (tertiary/aromatic N) is 5. The predicted molar refractivity (Wildman–Crippen MR) is 113 cm³/mol. The van der Waals surface area contributed by atoms with Gasteiger partial charge in [-0.25, -0.2) is 14.1 Å². The van der Waals surface area contributed by atoms with Crippen LogP contribution in [-0.2, 0) is 7.05 Å². The smallest absolute Gasteiger partial charge is 0.243 e. The Morgan fingerprint density at radius 2 is 1.90 bits per heavy atom. The Bertz CT molecular complexity index is 1160. The molecule has 2 aromatic carbocycles. The van der Waals surface area contributed by atoms with E-state index in [1.807, 2.05) is 49.9 Å². The van der Waals surface area contributed by atoms with Crippen LogP contribution in [0.25, 0.3) is 17.1 Å². The molecule has 0 aliphatic heterocycles. The second-order valence-electron chi connectivity index (χ2n) is 7.11. The van der Waals surface area contributed by atoms with Crippen LogP contribution in [0.5, 0.6) is 5.75 Å². The van der Waals surface area contributed by atoms with Gasteiger partial charge >= 0.3 is 0 Å². The van der Waals surface area contributed by atoms with Crippen LogP contribution < -0.4 is 10.1 Å². The molecule has 0 saturated heterocycles. The summed E-state index contributed by atoms with van der Waals surface area (Å²) in [7, 11) is 3.48. The van der Waals surface area contributed by atoms with E-state index in [1.54, 1.807) is 30.3 Å². The van der Waals surface area contributed by atoms with Gasteiger partial charge in [-0.3, -0.25) is 0 Å². The summed E-state index contributed by atoms with van der Waals surface area (Å²) in [4.78, 5) is 8.91. The Labute approximate surface area is 174 Å². The molecule has 4 rings (SSSR count). The van der Waals surface area contributed by atoms with Crippen molar-refractivity contribution < 1.29 is 9.13 Å². The molecule has 154 valence electrons. The quantitative estimate of drug-likeness (QED) is 0.517. The van der Waals surface area contributed by atoms with Crippen molar-refractivity contribution in [3.63, 3.8) is 0 Å². The Morgan fingerprint density at radius 1 is 1.13 bits per heavy atom. The van der Waals surface area contributed by atoms with Gasteiger partial charge in [0.2, 0.25) is 5.95 Å². The molecule has 8 heteroatoms. The Kier molecular flexibility index (Phi) is 5.22. The van der Waals surface area contributed by atoms with Crippen molar-refractivity contribution in [2.75, 3.05) is 12.4 Å². The average Bonchev–Trinajstić information content (AvgIpc) is 3.33. The number of nitrogens with one attached hydrogen (secondary N) is 1. The van der Waals surface area contributed by atoms with E-state index in [1.165, 1.54) is 12.1 Å². The molecular weight excluding hydrogens is 383 g/mol. The highest BCUT2D eigenvalue weighted by atomic mass is 19.1. The van der Waals surface area contributed by atoms with Crippen LogP contribution in [0.15, 0.2) is 55.0 Å². The molecule has 0 spiro atoms. The number of halogens is 1.